The molecule has 1 amide bonds. The van der Waals surface area contributed by atoms with Crippen LogP contribution in [0.4, 0.5) is 5.69 Å². The molecular formula is C17H22N2OS. The normalized spacial score (nSPS) is 18.9. The molecule has 0 saturated carbocycles. The largest absolute Gasteiger partial charge is 0.397 e. The van der Waals surface area contributed by atoms with Crippen molar-refractivity contribution >= 4 is 33.0 Å². The van der Waals surface area contributed by atoms with Crippen LogP contribution in [0.15, 0.2) is 18.2 Å². The number of nitrogen functional groups attached to an aromatic ring is 1. The average Bonchev–Trinajstić information content (AvgIpc) is 3.05. The van der Waals surface area contributed by atoms with Crippen molar-refractivity contribution in [3.05, 3.63) is 28.6 Å². The van der Waals surface area contributed by atoms with Gasteiger partial charge in [0.25, 0.3) is 5.91 Å². The van der Waals surface area contributed by atoms with Crippen LogP contribution in [0.25, 0.3) is 10.1 Å². The lowest BCUT2D eigenvalue weighted by atomic mass is 9.95. The number of nitrogens with two attached hydrogens (primary N) is 1. The van der Waals surface area contributed by atoms with Gasteiger partial charge in [-0.05, 0) is 30.7 Å². The Morgan fingerprint density at radius 3 is 2.81 bits per heavy atom. The van der Waals surface area contributed by atoms with E-state index >= 15 is 0 Å². The number of aryl methyl sites for hydroxylation is 1. The maximum atomic E-state index is 12.8. The number of hydrogen-bond acceptors (Lipinski definition) is 3. The van der Waals surface area contributed by atoms with Gasteiger partial charge in [0, 0.05) is 23.2 Å². The molecule has 1 aromatic heterocycles. The topological polar surface area (TPSA) is 46.3 Å². The summed E-state index contributed by atoms with van der Waals surface area (Å²) in [5, 5.41) is 1.02. The van der Waals surface area contributed by atoms with Gasteiger partial charge in [-0.3, -0.25) is 4.79 Å². The highest BCUT2D eigenvalue weighted by Gasteiger charge is 2.30. The monoisotopic (exact) mass is 302 g/mol. The second-order valence-corrected chi connectivity index (χ2v) is 7.36. The first-order valence-corrected chi connectivity index (χ1v) is 8.37. The van der Waals surface area contributed by atoms with Gasteiger partial charge in [0.2, 0.25) is 0 Å². The van der Waals surface area contributed by atoms with Crippen molar-refractivity contribution < 1.29 is 4.79 Å². The zero-order valence-electron chi connectivity index (χ0n) is 12.8. The summed E-state index contributed by atoms with van der Waals surface area (Å²) in [4.78, 5) is 15.5. The molecule has 2 heterocycles. The average molecular weight is 302 g/mol. The molecule has 2 aromatic rings. The van der Waals surface area contributed by atoms with Gasteiger partial charge in [0.1, 0.15) is 4.88 Å². The van der Waals surface area contributed by atoms with Gasteiger partial charge in [-0.25, -0.2) is 0 Å². The molecule has 1 saturated heterocycles. The molecular weight excluding hydrogens is 280 g/mol. The fraction of sp³-hybridized carbons (Fsp3) is 0.471. The van der Waals surface area contributed by atoms with E-state index in [0.29, 0.717) is 22.4 Å². The van der Waals surface area contributed by atoms with E-state index in [1.807, 2.05) is 17.0 Å². The van der Waals surface area contributed by atoms with Crippen molar-refractivity contribution in [2.45, 2.75) is 27.2 Å². The Hall–Kier alpha value is -1.55. The van der Waals surface area contributed by atoms with Crippen LogP contribution >= 0.6 is 11.3 Å². The maximum Gasteiger partial charge on any atom is 0.266 e. The molecule has 3 nitrogen and oxygen atoms in total. The summed E-state index contributed by atoms with van der Waals surface area (Å²) < 4.78 is 1.14. The Morgan fingerprint density at radius 1 is 1.43 bits per heavy atom. The van der Waals surface area contributed by atoms with E-state index in [4.69, 9.17) is 5.73 Å². The molecule has 0 bridgehead atoms. The molecule has 0 spiro atoms. The minimum absolute atomic E-state index is 0.108. The fourth-order valence-electron chi connectivity index (χ4n) is 3.10. The number of anilines is 1. The van der Waals surface area contributed by atoms with Gasteiger partial charge < -0.3 is 10.6 Å². The second kappa shape index (κ2) is 5.34. The number of nitrogens with zero attached hydrogens (tertiary/aromatic N) is 1. The van der Waals surface area contributed by atoms with E-state index in [2.05, 4.69) is 26.8 Å². The highest BCUT2D eigenvalue weighted by molar-refractivity contribution is 7.21. The molecule has 2 N–H and O–H groups in total. The van der Waals surface area contributed by atoms with Crippen molar-refractivity contribution in [3.8, 4) is 0 Å². The Labute approximate surface area is 129 Å². The van der Waals surface area contributed by atoms with Crippen LogP contribution in [0.1, 0.15) is 35.5 Å². The van der Waals surface area contributed by atoms with Crippen molar-refractivity contribution in [3.63, 3.8) is 0 Å². The SMILES string of the molecule is Cc1cccc2c(N)c(C(=O)N3CCC(C(C)C)C3)sc12. The molecule has 1 aliphatic rings. The molecule has 0 aliphatic carbocycles. The summed E-state index contributed by atoms with van der Waals surface area (Å²) in [6.07, 6.45) is 1.10. The smallest absolute Gasteiger partial charge is 0.266 e. The van der Waals surface area contributed by atoms with Gasteiger partial charge in [-0.2, -0.15) is 0 Å². The number of hydrogen-bond donors (Lipinski definition) is 1. The standard InChI is InChI=1S/C17H22N2OS/c1-10(2)12-7-8-19(9-12)17(20)16-14(18)13-6-4-5-11(3)15(13)21-16/h4-6,10,12H,7-9,18H2,1-3H3. The third-order valence-corrected chi connectivity index (χ3v) is 5.94. The molecule has 21 heavy (non-hydrogen) atoms. The molecule has 1 aromatic carbocycles. The first kappa shape index (κ1) is 14.4. The molecule has 112 valence electrons. The lowest BCUT2D eigenvalue weighted by Crippen LogP contribution is -2.29. The molecule has 1 unspecified atom stereocenters. The van der Waals surface area contributed by atoms with Crippen molar-refractivity contribution in [2.24, 2.45) is 11.8 Å². The predicted molar refractivity (Wildman–Crippen MR) is 89.8 cm³/mol. The third-order valence-electron chi connectivity index (χ3n) is 4.60. The number of fused-ring (bicyclic) bond motifs is 1. The predicted octanol–water partition coefficient (Wildman–Crippen LogP) is 3.91. The van der Waals surface area contributed by atoms with Gasteiger partial charge in [0.15, 0.2) is 0 Å². The maximum absolute atomic E-state index is 12.8. The quantitative estimate of drug-likeness (QED) is 0.914. The van der Waals surface area contributed by atoms with E-state index in [0.717, 1.165) is 29.6 Å². The van der Waals surface area contributed by atoms with Crippen molar-refractivity contribution in [1.82, 2.24) is 4.90 Å². The summed E-state index contributed by atoms with van der Waals surface area (Å²) in [7, 11) is 0. The van der Waals surface area contributed by atoms with E-state index in [9.17, 15) is 4.79 Å². The van der Waals surface area contributed by atoms with Gasteiger partial charge in [-0.1, -0.05) is 32.0 Å². The first-order valence-electron chi connectivity index (χ1n) is 7.56. The molecule has 1 fully saturated rings. The Morgan fingerprint density at radius 2 is 2.19 bits per heavy atom. The molecule has 1 aliphatic heterocycles. The van der Waals surface area contributed by atoms with Crippen molar-refractivity contribution in [1.29, 1.82) is 0 Å². The zero-order chi connectivity index (χ0) is 15.1. The second-order valence-electron chi connectivity index (χ2n) is 6.34. The number of thiophene rings is 1. The Kier molecular flexibility index (Phi) is 3.66. The van der Waals surface area contributed by atoms with Crippen LogP contribution < -0.4 is 5.73 Å². The minimum atomic E-state index is 0.108. The van der Waals surface area contributed by atoms with E-state index < -0.39 is 0 Å². The highest BCUT2D eigenvalue weighted by Crippen LogP contribution is 2.37. The van der Waals surface area contributed by atoms with Gasteiger partial charge >= 0.3 is 0 Å². The summed E-state index contributed by atoms with van der Waals surface area (Å²) in [6, 6.07) is 6.07. The van der Waals surface area contributed by atoms with Gasteiger partial charge in [0.05, 0.1) is 5.69 Å². The molecule has 4 heteroatoms. The van der Waals surface area contributed by atoms with E-state index in [-0.39, 0.29) is 5.91 Å². The highest BCUT2D eigenvalue weighted by atomic mass is 32.1. The minimum Gasteiger partial charge on any atom is -0.397 e. The summed E-state index contributed by atoms with van der Waals surface area (Å²) in [5.41, 5.74) is 8.07. The number of benzene rings is 1. The number of carbonyl (C=O) groups is 1. The summed E-state index contributed by atoms with van der Waals surface area (Å²) in [6.45, 7) is 8.25. The third kappa shape index (κ3) is 2.42. The first-order chi connectivity index (χ1) is 9.99. The van der Waals surface area contributed by atoms with E-state index in [1.54, 1.807) is 0 Å². The van der Waals surface area contributed by atoms with Crippen LogP contribution in [0, 0.1) is 18.8 Å². The van der Waals surface area contributed by atoms with Crippen LogP contribution in [0.2, 0.25) is 0 Å². The summed E-state index contributed by atoms with van der Waals surface area (Å²) >= 11 is 1.54. The zero-order valence-corrected chi connectivity index (χ0v) is 13.7. The fourth-order valence-corrected chi connectivity index (χ4v) is 4.26. The number of amides is 1. The molecule has 0 radical (unpaired) electrons. The number of rotatable bonds is 2. The molecule has 1 atom stereocenters. The lowest BCUT2D eigenvalue weighted by molar-refractivity contribution is 0.0790. The lowest BCUT2D eigenvalue weighted by Gasteiger charge is -2.17. The van der Waals surface area contributed by atoms with Crippen LogP contribution in [-0.4, -0.2) is 23.9 Å². The Bertz CT molecular complexity index is 689. The van der Waals surface area contributed by atoms with Crippen LogP contribution in [-0.2, 0) is 0 Å². The van der Waals surface area contributed by atoms with Crippen molar-refractivity contribution in [2.75, 3.05) is 18.8 Å². The number of likely N-dealkylation sites (tertiary alicyclic amines) is 1. The number of carbonyl (C=O) groups excluding carboxylic acids is 1. The Balaban J connectivity index is 1.92. The van der Waals surface area contributed by atoms with Gasteiger partial charge in [-0.15, -0.1) is 11.3 Å². The van der Waals surface area contributed by atoms with E-state index in [1.165, 1.54) is 16.9 Å². The van der Waals surface area contributed by atoms with Crippen LogP contribution in [0.5, 0.6) is 0 Å². The molecule has 3 rings (SSSR count). The van der Waals surface area contributed by atoms with Crippen LogP contribution in [0.3, 0.4) is 0 Å². The summed E-state index contributed by atoms with van der Waals surface area (Å²) in [5.74, 6) is 1.35.